The first-order chi connectivity index (χ1) is 12.8. The number of ether oxygens (including phenoxy) is 1. The summed E-state index contributed by atoms with van der Waals surface area (Å²) in [6.07, 6.45) is 3.15. The summed E-state index contributed by atoms with van der Waals surface area (Å²) in [5, 5.41) is 12.7. The van der Waals surface area contributed by atoms with E-state index in [1.54, 1.807) is 24.3 Å². The highest BCUT2D eigenvalue weighted by Crippen LogP contribution is 2.33. The summed E-state index contributed by atoms with van der Waals surface area (Å²) in [6, 6.07) is 10.2. The molecule has 0 aliphatic rings. The van der Waals surface area contributed by atoms with E-state index < -0.39 is 5.91 Å². The molecule has 2 aromatic carbocycles. The largest absolute Gasteiger partial charge is 0.487 e. The van der Waals surface area contributed by atoms with Gasteiger partial charge in [0.1, 0.15) is 24.0 Å². The van der Waals surface area contributed by atoms with Crippen LogP contribution in [0.2, 0.25) is 10.0 Å². The van der Waals surface area contributed by atoms with Crippen LogP contribution in [0.3, 0.4) is 0 Å². The Balaban J connectivity index is 2.26. The van der Waals surface area contributed by atoms with Crippen molar-refractivity contribution in [3.63, 3.8) is 0 Å². The highest BCUT2D eigenvalue weighted by Gasteiger charge is 2.13. The van der Waals surface area contributed by atoms with E-state index in [1.807, 2.05) is 12.1 Å². The fourth-order valence-electron chi connectivity index (χ4n) is 2.03. The number of anilines is 1. The molecule has 0 heterocycles. The molecule has 0 saturated carbocycles. The van der Waals surface area contributed by atoms with Gasteiger partial charge in [-0.15, -0.1) is 0 Å². The maximum atomic E-state index is 12.4. The van der Waals surface area contributed by atoms with Gasteiger partial charge in [-0.1, -0.05) is 35.9 Å². The second kappa shape index (κ2) is 10.1. The van der Waals surface area contributed by atoms with Gasteiger partial charge in [-0.05, 0) is 80.5 Å². The standard InChI is InChI=1S/C19H12BrCl2IN2O2/c1-2-5-27-18-14(20)7-11(8-17(18)23)6-12(10-24)19(26)25-13-3-4-15(21)16(22)9-13/h2-4,6-9H,1,5H2,(H,25,26)/b12-6+. The fourth-order valence-corrected chi connectivity index (χ4v) is 4.10. The monoisotopic (exact) mass is 576 g/mol. The molecule has 1 amide bonds. The van der Waals surface area contributed by atoms with Gasteiger partial charge in [0, 0.05) is 5.69 Å². The molecule has 0 radical (unpaired) electrons. The van der Waals surface area contributed by atoms with Gasteiger partial charge in [0.05, 0.1) is 18.1 Å². The molecule has 0 spiro atoms. The molecule has 0 unspecified atom stereocenters. The first-order valence-electron chi connectivity index (χ1n) is 7.46. The molecule has 0 aliphatic carbocycles. The van der Waals surface area contributed by atoms with Gasteiger partial charge in [-0.25, -0.2) is 0 Å². The molecule has 1 N–H and O–H groups in total. The summed E-state index contributed by atoms with van der Waals surface area (Å²) in [5.41, 5.74) is 1.07. The number of nitriles is 1. The number of halogens is 4. The minimum absolute atomic E-state index is 0.0523. The maximum Gasteiger partial charge on any atom is 0.266 e. The van der Waals surface area contributed by atoms with Crippen LogP contribution >= 0.6 is 61.7 Å². The number of benzene rings is 2. The van der Waals surface area contributed by atoms with Crippen LogP contribution in [0.25, 0.3) is 6.08 Å². The highest BCUT2D eigenvalue weighted by molar-refractivity contribution is 14.1. The van der Waals surface area contributed by atoms with Crippen molar-refractivity contribution in [1.82, 2.24) is 0 Å². The van der Waals surface area contributed by atoms with Crippen molar-refractivity contribution in [2.45, 2.75) is 0 Å². The Labute approximate surface area is 189 Å². The van der Waals surface area contributed by atoms with E-state index >= 15 is 0 Å². The SMILES string of the molecule is C=CCOc1c(Br)cc(/C=C(\C#N)C(=O)Nc2ccc(Cl)c(Cl)c2)cc1I. The van der Waals surface area contributed by atoms with E-state index in [1.165, 1.54) is 12.1 Å². The van der Waals surface area contributed by atoms with Crippen molar-refractivity contribution >= 4 is 79.4 Å². The molecule has 8 heteroatoms. The van der Waals surface area contributed by atoms with Gasteiger partial charge in [0.25, 0.3) is 5.91 Å². The van der Waals surface area contributed by atoms with Crippen molar-refractivity contribution in [2.75, 3.05) is 11.9 Å². The highest BCUT2D eigenvalue weighted by atomic mass is 127. The van der Waals surface area contributed by atoms with Crippen molar-refractivity contribution < 1.29 is 9.53 Å². The number of carbonyl (C=O) groups is 1. The van der Waals surface area contributed by atoms with Gasteiger partial charge >= 0.3 is 0 Å². The lowest BCUT2D eigenvalue weighted by Crippen LogP contribution is -2.13. The van der Waals surface area contributed by atoms with E-state index in [-0.39, 0.29) is 5.57 Å². The molecule has 0 fully saturated rings. The van der Waals surface area contributed by atoms with Crippen LogP contribution in [0.1, 0.15) is 5.56 Å². The minimum atomic E-state index is -0.547. The van der Waals surface area contributed by atoms with Crippen LogP contribution in [0.4, 0.5) is 5.69 Å². The van der Waals surface area contributed by atoms with Gasteiger partial charge < -0.3 is 10.1 Å². The molecule has 0 saturated heterocycles. The average Bonchev–Trinajstić information content (AvgIpc) is 2.62. The summed E-state index contributed by atoms with van der Waals surface area (Å²) in [7, 11) is 0. The van der Waals surface area contributed by atoms with Crippen LogP contribution in [0.5, 0.6) is 5.75 Å². The fraction of sp³-hybridized carbons (Fsp3) is 0.0526. The van der Waals surface area contributed by atoms with Crippen molar-refractivity contribution in [3.05, 3.63) is 72.2 Å². The first kappa shape index (κ1) is 21.8. The summed E-state index contributed by atoms with van der Waals surface area (Å²) in [6.45, 7) is 3.99. The van der Waals surface area contributed by atoms with Gasteiger partial charge in [-0.2, -0.15) is 5.26 Å². The maximum absolute atomic E-state index is 12.4. The molecule has 0 aromatic heterocycles. The Morgan fingerprint density at radius 3 is 2.67 bits per heavy atom. The Hall–Kier alpha value is -1.53. The second-order valence-corrected chi connectivity index (χ2v) is 8.00. The van der Waals surface area contributed by atoms with Crippen LogP contribution in [-0.4, -0.2) is 12.5 Å². The Kier molecular flexibility index (Phi) is 8.17. The number of nitrogens with one attached hydrogen (secondary N) is 1. The summed E-state index contributed by atoms with van der Waals surface area (Å²) in [5.74, 6) is 0.125. The lowest BCUT2D eigenvalue weighted by atomic mass is 10.1. The van der Waals surface area contributed by atoms with Crippen LogP contribution in [0.15, 0.2) is 53.0 Å². The van der Waals surface area contributed by atoms with Crippen LogP contribution in [-0.2, 0) is 4.79 Å². The number of carbonyl (C=O) groups excluding carboxylic acids is 1. The van der Waals surface area contributed by atoms with Crippen LogP contribution < -0.4 is 10.1 Å². The predicted molar refractivity (Wildman–Crippen MR) is 121 cm³/mol. The molecule has 4 nitrogen and oxygen atoms in total. The van der Waals surface area contributed by atoms with E-state index in [0.29, 0.717) is 38.1 Å². The van der Waals surface area contributed by atoms with E-state index in [9.17, 15) is 10.1 Å². The molecule has 0 bridgehead atoms. The normalized spacial score (nSPS) is 10.9. The first-order valence-corrected chi connectivity index (χ1v) is 10.1. The molecule has 0 atom stereocenters. The lowest BCUT2D eigenvalue weighted by Gasteiger charge is -2.10. The smallest absolute Gasteiger partial charge is 0.266 e. The quantitative estimate of drug-likeness (QED) is 0.185. The lowest BCUT2D eigenvalue weighted by molar-refractivity contribution is -0.112. The summed E-state index contributed by atoms with van der Waals surface area (Å²) in [4.78, 5) is 12.4. The van der Waals surface area contributed by atoms with Crippen molar-refractivity contribution in [3.8, 4) is 11.8 Å². The predicted octanol–water partition coefficient (Wildman–Crippen LogP) is 6.47. The van der Waals surface area contributed by atoms with Crippen molar-refractivity contribution in [2.24, 2.45) is 0 Å². The average molecular weight is 578 g/mol. The molecule has 0 aliphatic heterocycles. The van der Waals surface area contributed by atoms with Gasteiger partial charge in [0.15, 0.2) is 0 Å². The molecular formula is C19H12BrCl2IN2O2. The van der Waals surface area contributed by atoms with E-state index in [0.717, 1.165) is 3.57 Å². The Morgan fingerprint density at radius 1 is 1.33 bits per heavy atom. The number of nitrogens with zero attached hydrogens (tertiary/aromatic N) is 1. The molecule has 27 heavy (non-hydrogen) atoms. The Morgan fingerprint density at radius 2 is 2.07 bits per heavy atom. The number of rotatable bonds is 6. The zero-order valence-electron chi connectivity index (χ0n) is 13.7. The topological polar surface area (TPSA) is 62.1 Å². The number of hydrogen-bond donors (Lipinski definition) is 1. The van der Waals surface area contributed by atoms with E-state index in [4.69, 9.17) is 27.9 Å². The minimum Gasteiger partial charge on any atom is -0.487 e. The third-order valence-corrected chi connectivity index (χ3v) is 5.35. The van der Waals surface area contributed by atoms with E-state index in [2.05, 4.69) is 50.4 Å². The summed E-state index contributed by atoms with van der Waals surface area (Å²) < 4.78 is 7.13. The van der Waals surface area contributed by atoms with Crippen molar-refractivity contribution in [1.29, 1.82) is 5.26 Å². The molecular weight excluding hydrogens is 566 g/mol. The third kappa shape index (κ3) is 5.98. The van der Waals surface area contributed by atoms with Crippen LogP contribution in [0, 0.1) is 14.9 Å². The molecule has 138 valence electrons. The van der Waals surface area contributed by atoms with Gasteiger partial charge in [-0.3, -0.25) is 4.79 Å². The third-order valence-electron chi connectivity index (χ3n) is 3.22. The Bertz CT molecular complexity index is 948. The molecule has 2 aromatic rings. The zero-order chi connectivity index (χ0) is 20.0. The summed E-state index contributed by atoms with van der Waals surface area (Å²) >= 11 is 17.4. The zero-order valence-corrected chi connectivity index (χ0v) is 19.0. The number of hydrogen-bond acceptors (Lipinski definition) is 3. The molecule has 2 rings (SSSR count). The number of amides is 1. The second-order valence-electron chi connectivity index (χ2n) is 5.17. The van der Waals surface area contributed by atoms with Gasteiger partial charge in [0.2, 0.25) is 0 Å².